The van der Waals surface area contributed by atoms with Crippen LogP contribution in [-0.2, 0) is 4.79 Å². The van der Waals surface area contributed by atoms with E-state index >= 15 is 0 Å². The number of nitrogens with one attached hydrogen (secondary N) is 2. The quantitative estimate of drug-likeness (QED) is 0.439. The molecule has 2 fully saturated rings. The van der Waals surface area contributed by atoms with Crippen molar-refractivity contribution in [2.45, 2.75) is 72.1 Å². The van der Waals surface area contributed by atoms with Crippen LogP contribution in [0.1, 0.15) is 80.8 Å². The molecule has 0 bridgehead atoms. The number of carbonyl (C=O) groups excluding carboxylic acids is 1. The Morgan fingerprint density at radius 3 is 2.46 bits per heavy atom. The maximum absolute atomic E-state index is 12.4. The SMILES string of the molecule is Cc1cc(-c2[nH]c3ccc(C4CCN(CC(=O)NCC5(C)CC5)CC4)cc3c2C(C)C)cc(C)n1. The number of aromatic nitrogens is 2. The van der Waals surface area contributed by atoms with Crippen LogP contribution in [-0.4, -0.2) is 47.0 Å². The highest BCUT2D eigenvalue weighted by atomic mass is 16.2. The molecule has 1 saturated carbocycles. The third-order valence-electron chi connectivity index (χ3n) is 8.05. The van der Waals surface area contributed by atoms with E-state index in [0.717, 1.165) is 43.9 Å². The lowest BCUT2D eigenvalue weighted by atomic mass is 9.87. The largest absolute Gasteiger partial charge is 0.354 e. The minimum atomic E-state index is 0.181. The standard InChI is InChI=1S/C30H40N4O/c1-19(2)28-25-16-23(6-7-26(25)33-29(28)24-14-20(3)32-21(4)15-24)22-8-12-34(13-9-22)17-27(35)31-18-30(5)10-11-30/h6-7,14-16,19,22,33H,8-13,17-18H2,1-5H3,(H,31,35). The number of hydrogen-bond acceptors (Lipinski definition) is 3. The number of nitrogens with zero attached hydrogens (tertiary/aromatic N) is 2. The van der Waals surface area contributed by atoms with Gasteiger partial charge in [-0.1, -0.05) is 26.8 Å². The molecule has 1 amide bonds. The Labute approximate surface area is 209 Å². The summed E-state index contributed by atoms with van der Waals surface area (Å²) >= 11 is 0. The maximum Gasteiger partial charge on any atom is 0.234 e. The van der Waals surface area contributed by atoms with Gasteiger partial charge in [-0.3, -0.25) is 14.7 Å². The van der Waals surface area contributed by atoms with Crippen LogP contribution in [0.4, 0.5) is 0 Å². The van der Waals surface area contributed by atoms with E-state index in [0.29, 0.717) is 23.8 Å². The number of fused-ring (bicyclic) bond motifs is 1. The number of amides is 1. The molecule has 1 aromatic carbocycles. The molecule has 0 atom stereocenters. The first-order valence-electron chi connectivity index (χ1n) is 13.3. The Morgan fingerprint density at radius 2 is 1.83 bits per heavy atom. The zero-order chi connectivity index (χ0) is 24.7. The van der Waals surface area contributed by atoms with Crippen LogP contribution in [0.3, 0.4) is 0 Å². The summed E-state index contributed by atoms with van der Waals surface area (Å²) in [6, 6.07) is 11.4. The van der Waals surface area contributed by atoms with Gasteiger partial charge in [-0.2, -0.15) is 0 Å². The van der Waals surface area contributed by atoms with E-state index in [1.807, 2.05) is 0 Å². The molecule has 2 aliphatic rings. The predicted molar refractivity (Wildman–Crippen MR) is 144 cm³/mol. The Bertz CT molecular complexity index is 1210. The number of H-pyrrole nitrogens is 1. The first-order valence-corrected chi connectivity index (χ1v) is 13.3. The van der Waals surface area contributed by atoms with Gasteiger partial charge in [-0.25, -0.2) is 0 Å². The molecule has 0 unspecified atom stereocenters. The number of aromatic amines is 1. The van der Waals surface area contributed by atoms with Crippen LogP contribution in [0.2, 0.25) is 0 Å². The van der Waals surface area contributed by atoms with E-state index in [-0.39, 0.29) is 5.91 Å². The van der Waals surface area contributed by atoms with Gasteiger partial charge in [-0.15, -0.1) is 0 Å². The molecular weight excluding hydrogens is 432 g/mol. The second kappa shape index (κ2) is 9.42. The fraction of sp³-hybridized carbons (Fsp3) is 0.533. The molecule has 0 radical (unpaired) electrons. The summed E-state index contributed by atoms with van der Waals surface area (Å²) in [4.78, 5) is 23.0. The van der Waals surface area contributed by atoms with Gasteiger partial charge in [0.2, 0.25) is 5.91 Å². The average molecular weight is 473 g/mol. The molecule has 5 heteroatoms. The third kappa shape index (κ3) is 5.30. The van der Waals surface area contributed by atoms with E-state index in [2.05, 4.69) is 85.1 Å². The number of pyridine rings is 1. The van der Waals surface area contributed by atoms with Crippen molar-refractivity contribution in [1.29, 1.82) is 0 Å². The molecule has 35 heavy (non-hydrogen) atoms. The molecule has 2 aromatic heterocycles. The highest BCUT2D eigenvalue weighted by Crippen LogP contribution is 2.44. The van der Waals surface area contributed by atoms with Crippen molar-refractivity contribution in [1.82, 2.24) is 20.2 Å². The molecule has 0 spiro atoms. The van der Waals surface area contributed by atoms with E-state index in [4.69, 9.17) is 0 Å². The van der Waals surface area contributed by atoms with Gasteiger partial charge in [-0.05, 0) is 105 Å². The third-order valence-corrected chi connectivity index (χ3v) is 8.05. The Hall–Kier alpha value is -2.66. The van der Waals surface area contributed by atoms with Crippen molar-refractivity contribution in [3.05, 3.63) is 52.8 Å². The van der Waals surface area contributed by atoms with Gasteiger partial charge in [0.15, 0.2) is 0 Å². The summed E-state index contributed by atoms with van der Waals surface area (Å²) in [6.45, 7) is 14.3. The lowest BCUT2D eigenvalue weighted by Crippen LogP contribution is -2.42. The smallest absolute Gasteiger partial charge is 0.234 e. The van der Waals surface area contributed by atoms with Gasteiger partial charge in [0.1, 0.15) is 0 Å². The Balaban J connectivity index is 1.31. The first-order chi connectivity index (χ1) is 16.7. The van der Waals surface area contributed by atoms with Gasteiger partial charge < -0.3 is 10.3 Å². The molecule has 5 nitrogen and oxygen atoms in total. The molecule has 1 saturated heterocycles. The van der Waals surface area contributed by atoms with Crippen molar-refractivity contribution < 1.29 is 4.79 Å². The molecule has 1 aliphatic carbocycles. The predicted octanol–water partition coefficient (Wildman–Crippen LogP) is 6.07. The number of likely N-dealkylation sites (tertiary alicyclic amines) is 1. The summed E-state index contributed by atoms with van der Waals surface area (Å²) in [6.07, 6.45) is 4.69. The maximum atomic E-state index is 12.4. The number of benzene rings is 1. The molecule has 3 heterocycles. The normalized spacial score (nSPS) is 18.3. The summed E-state index contributed by atoms with van der Waals surface area (Å²) in [5.74, 6) is 1.15. The van der Waals surface area contributed by atoms with E-state index < -0.39 is 0 Å². The molecule has 1 aliphatic heterocycles. The van der Waals surface area contributed by atoms with Crippen molar-refractivity contribution in [2.75, 3.05) is 26.2 Å². The Kier molecular flexibility index (Phi) is 6.47. The van der Waals surface area contributed by atoms with Gasteiger partial charge in [0.25, 0.3) is 0 Å². The van der Waals surface area contributed by atoms with E-state index in [9.17, 15) is 4.79 Å². The fourth-order valence-electron chi connectivity index (χ4n) is 5.68. The summed E-state index contributed by atoms with van der Waals surface area (Å²) in [5.41, 5.74) is 8.94. The van der Waals surface area contributed by atoms with Crippen molar-refractivity contribution >= 4 is 16.8 Å². The van der Waals surface area contributed by atoms with Gasteiger partial charge in [0, 0.05) is 34.4 Å². The van der Waals surface area contributed by atoms with Crippen molar-refractivity contribution in [2.24, 2.45) is 5.41 Å². The van der Waals surface area contributed by atoms with Crippen LogP contribution in [0.15, 0.2) is 30.3 Å². The Morgan fingerprint density at radius 1 is 1.14 bits per heavy atom. The first kappa shape index (κ1) is 24.1. The van der Waals surface area contributed by atoms with Crippen LogP contribution < -0.4 is 5.32 Å². The lowest BCUT2D eigenvalue weighted by Gasteiger charge is -2.32. The minimum absolute atomic E-state index is 0.181. The molecular formula is C30H40N4O. The zero-order valence-electron chi connectivity index (χ0n) is 22.0. The number of hydrogen-bond donors (Lipinski definition) is 2. The van der Waals surface area contributed by atoms with E-state index in [1.165, 1.54) is 46.1 Å². The fourth-order valence-corrected chi connectivity index (χ4v) is 5.68. The topological polar surface area (TPSA) is 61.0 Å². The van der Waals surface area contributed by atoms with Crippen molar-refractivity contribution in [3.8, 4) is 11.3 Å². The summed E-state index contributed by atoms with van der Waals surface area (Å²) < 4.78 is 0. The minimum Gasteiger partial charge on any atom is -0.354 e. The molecule has 186 valence electrons. The van der Waals surface area contributed by atoms with Crippen molar-refractivity contribution in [3.63, 3.8) is 0 Å². The van der Waals surface area contributed by atoms with Gasteiger partial charge >= 0.3 is 0 Å². The average Bonchev–Trinajstić information content (AvgIpc) is 3.42. The molecule has 5 rings (SSSR count). The molecule has 2 N–H and O–H groups in total. The van der Waals surface area contributed by atoms with E-state index in [1.54, 1.807) is 0 Å². The number of piperidine rings is 1. The number of aryl methyl sites for hydroxylation is 2. The number of carbonyl (C=O) groups is 1. The number of rotatable bonds is 7. The van der Waals surface area contributed by atoms with Crippen LogP contribution >= 0.6 is 0 Å². The lowest BCUT2D eigenvalue weighted by molar-refractivity contribution is -0.122. The monoisotopic (exact) mass is 472 g/mol. The second-order valence-electron chi connectivity index (χ2n) is 11.6. The highest BCUT2D eigenvalue weighted by Gasteiger charge is 2.37. The highest BCUT2D eigenvalue weighted by molar-refractivity contribution is 5.92. The summed E-state index contributed by atoms with van der Waals surface area (Å²) in [5, 5.41) is 4.49. The molecule has 3 aromatic rings. The van der Waals surface area contributed by atoms with Crippen LogP contribution in [0.5, 0.6) is 0 Å². The van der Waals surface area contributed by atoms with Gasteiger partial charge in [0.05, 0.1) is 12.2 Å². The second-order valence-corrected chi connectivity index (χ2v) is 11.6. The summed E-state index contributed by atoms with van der Waals surface area (Å²) in [7, 11) is 0. The van der Waals surface area contributed by atoms with Crippen LogP contribution in [0.25, 0.3) is 22.2 Å². The van der Waals surface area contributed by atoms with Crippen LogP contribution in [0, 0.1) is 19.3 Å². The zero-order valence-corrected chi connectivity index (χ0v) is 22.0.